The van der Waals surface area contributed by atoms with Crippen LogP contribution >= 0.6 is 0 Å². The molecule has 0 heterocycles. The van der Waals surface area contributed by atoms with Gasteiger partial charge in [0.15, 0.2) is 0 Å². The molecule has 0 fully saturated rings. The molecule has 0 spiro atoms. The average Bonchev–Trinajstić information content (AvgIpc) is 2.65. The van der Waals surface area contributed by atoms with Gasteiger partial charge in [-0.3, -0.25) is 9.63 Å². The highest BCUT2D eigenvalue weighted by molar-refractivity contribution is 6.03. The van der Waals surface area contributed by atoms with Crippen molar-refractivity contribution in [2.45, 2.75) is 13.3 Å². The van der Waals surface area contributed by atoms with Crippen molar-refractivity contribution in [2.24, 2.45) is 0 Å². The van der Waals surface area contributed by atoms with Crippen molar-refractivity contribution in [3.05, 3.63) is 41.0 Å². The number of nitrogens with zero attached hydrogens (tertiary/aromatic N) is 1. The molecule has 1 aliphatic carbocycles. The van der Waals surface area contributed by atoms with Gasteiger partial charge in [0.1, 0.15) is 0 Å². The second-order valence-corrected chi connectivity index (χ2v) is 3.92. The predicted molar refractivity (Wildman–Crippen MR) is 62.5 cm³/mol. The number of hydrogen-bond acceptors (Lipinski definition) is 2. The van der Waals surface area contributed by atoms with Crippen molar-refractivity contribution in [3.63, 3.8) is 0 Å². The number of allylic oxidation sites excluding steroid dienone is 1. The summed E-state index contributed by atoms with van der Waals surface area (Å²) in [5, 5.41) is 1.27. The molecule has 16 heavy (non-hydrogen) atoms. The Morgan fingerprint density at radius 2 is 2.06 bits per heavy atom. The molecule has 0 bridgehead atoms. The number of amides is 1. The number of likely N-dealkylation sites (N-methyl/N-ethyl adjacent to an activating group) is 1. The summed E-state index contributed by atoms with van der Waals surface area (Å²) >= 11 is 0. The Morgan fingerprint density at radius 1 is 1.38 bits per heavy atom. The number of carbonyl (C=O) groups excluding carboxylic acids is 1. The maximum absolute atomic E-state index is 12.0. The van der Waals surface area contributed by atoms with Crippen LogP contribution in [0.2, 0.25) is 0 Å². The normalized spacial score (nSPS) is 13.9. The summed E-state index contributed by atoms with van der Waals surface area (Å²) in [7, 11) is 3.13. The molecule has 0 radical (unpaired) electrons. The van der Waals surface area contributed by atoms with Crippen LogP contribution in [0.5, 0.6) is 0 Å². The molecule has 1 amide bonds. The van der Waals surface area contributed by atoms with E-state index in [1.54, 1.807) is 7.05 Å². The Kier molecular flexibility index (Phi) is 2.79. The third-order valence-corrected chi connectivity index (χ3v) is 3.06. The molecule has 1 aliphatic rings. The Hall–Kier alpha value is -1.61. The van der Waals surface area contributed by atoms with Crippen LogP contribution in [-0.4, -0.2) is 25.1 Å². The van der Waals surface area contributed by atoms with E-state index in [1.165, 1.54) is 23.3 Å². The smallest absolute Gasteiger partial charge is 0.273 e. The summed E-state index contributed by atoms with van der Waals surface area (Å²) in [5.41, 5.74) is 4.28. The SMILES string of the molecule is CON(C)C(=O)C1=C(C)c2ccccc2C1. The van der Waals surface area contributed by atoms with Crippen molar-refractivity contribution >= 4 is 11.5 Å². The Balaban J connectivity index is 2.35. The molecule has 0 unspecified atom stereocenters. The lowest BCUT2D eigenvalue weighted by Gasteiger charge is -2.14. The molecule has 1 aromatic carbocycles. The first-order valence-corrected chi connectivity index (χ1v) is 5.25. The van der Waals surface area contributed by atoms with E-state index >= 15 is 0 Å². The van der Waals surface area contributed by atoms with E-state index in [9.17, 15) is 4.79 Å². The van der Waals surface area contributed by atoms with Gasteiger partial charge in [-0.25, -0.2) is 5.06 Å². The van der Waals surface area contributed by atoms with Crippen molar-refractivity contribution in [2.75, 3.05) is 14.2 Å². The van der Waals surface area contributed by atoms with Gasteiger partial charge >= 0.3 is 0 Å². The van der Waals surface area contributed by atoms with Gasteiger partial charge in [0, 0.05) is 19.0 Å². The van der Waals surface area contributed by atoms with Crippen LogP contribution in [0.4, 0.5) is 0 Å². The highest BCUT2D eigenvalue weighted by atomic mass is 16.7. The van der Waals surface area contributed by atoms with Gasteiger partial charge in [0.25, 0.3) is 5.91 Å². The first-order valence-electron chi connectivity index (χ1n) is 5.25. The maximum Gasteiger partial charge on any atom is 0.273 e. The fraction of sp³-hybridized carbons (Fsp3) is 0.308. The number of carbonyl (C=O) groups is 1. The molecule has 0 saturated heterocycles. The third-order valence-electron chi connectivity index (χ3n) is 3.06. The zero-order valence-electron chi connectivity index (χ0n) is 9.78. The van der Waals surface area contributed by atoms with Crippen LogP contribution in [0.3, 0.4) is 0 Å². The number of hydrogen-bond donors (Lipinski definition) is 0. The molecule has 1 aromatic rings. The molecule has 2 rings (SSSR count). The number of rotatable bonds is 2. The first-order chi connectivity index (χ1) is 7.65. The van der Waals surface area contributed by atoms with E-state index in [0.717, 1.165) is 11.1 Å². The Labute approximate surface area is 95.3 Å². The lowest BCUT2D eigenvalue weighted by molar-refractivity contribution is -0.163. The molecule has 0 aromatic heterocycles. The molecule has 3 nitrogen and oxygen atoms in total. The minimum absolute atomic E-state index is 0.0591. The minimum atomic E-state index is -0.0591. The Bertz CT molecular complexity index is 463. The first kappa shape index (κ1) is 10.9. The Morgan fingerprint density at radius 3 is 2.69 bits per heavy atom. The maximum atomic E-state index is 12.0. The van der Waals surface area contributed by atoms with Gasteiger partial charge in [0.05, 0.1) is 7.11 Å². The van der Waals surface area contributed by atoms with E-state index in [4.69, 9.17) is 4.84 Å². The van der Waals surface area contributed by atoms with Crippen LogP contribution < -0.4 is 0 Å². The zero-order valence-corrected chi connectivity index (χ0v) is 9.78. The van der Waals surface area contributed by atoms with E-state index in [1.807, 2.05) is 19.1 Å². The van der Waals surface area contributed by atoms with E-state index in [0.29, 0.717) is 6.42 Å². The fourth-order valence-corrected chi connectivity index (χ4v) is 2.03. The highest BCUT2D eigenvalue weighted by Crippen LogP contribution is 2.32. The summed E-state index contributed by atoms with van der Waals surface area (Å²) in [4.78, 5) is 16.9. The van der Waals surface area contributed by atoms with Crippen LogP contribution in [-0.2, 0) is 16.1 Å². The zero-order chi connectivity index (χ0) is 11.7. The lowest BCUT2D eigenvalue weighted by atomic mass is 10.1. The fourth-order valence-electron chi connectivity index (χ4n) is 2.03. The van der Waals surface area contributed by atoms with E-state index in [2.05, 4.69) is 12.1 Å². The van der Waals surface area contributed by atoms with Gasteiger partial charge in [-0.2, -0.15) is 0 Å². The van der Waals surface area contributed by atoms with Crippen LogP contribution in [0.15, 0.2) is 29.8 Å². The van der Waals surface area contributed by atoms with Crippen LogP contribution in [0.25, 0.3) is 5.57 Å². The van der Waals surface area contributed by atoms with Crippen molar-refractivity contribution in [3.8, 4) is 0 Å². The molecular formula is C13H15NO2. The highest BCUT2D eigenvalue weighted by Gasteiger charge is 2.25. The average molecular weight is 217 g/mol. The lowest BCUT2D eigenvalue weighted by Crippen LogP contribution is -2.27. The number of hydroxylamine groups is 2. The second kappa shape index (κ2) is 4.10. The minimum Gasteiger partial charge on any atom is -0.274 e. The molecular weight excluding hydrogens is 202 g/mol. The van der Waals surface area contributed by atoms with E-state index < -0.39 is 0 Å². The molecule has 0 aliphatic heterocycles. The summed E-state index contributed by atoms with van der Waals surface area (Å²) < 4.78 is 0. The summed E-state index contributed by atoms with van der Waals surface area (Å²) in [6.45, 7) is 1.99. The summed E-state index contributed by atoms with van der Waals surface area (Å²) in [6, 6.07) is 8.11. The third kappa shape index (κ3) is 1.63. The van der Waals surface area contributed by atoms with Crippen molar-refractivity contribution in [1.29, 1.82) is 0 Å². The van der Waals surface area contributed by atoms with Crippen molar-refractivity contribution in [1.82, 2.24) is 5.06 Å². The van der Waals surface area contributed by atoms with Gasteiger partial charge in [-0.15, -0.1) is 0 Å². The van der Waals surface area contributed by atoms with E-state index in [-0.39, 0.29) is 5.91 Å². The van der Waals surface area contributed by atoms with Gasteiger partial charge in [0.2, 0.25) is 0 Å². The summed E-state index contributed by atoms with van der Waals surface area (Å²) in [6.07, 6.45) is 0.703. The topological polar surface area (TPSA) is 29.5 Å². The summed E-state index contributed by atoms with van der Waals surface area (Å²) in [5.74, 6) is -0.0591. The monoisotopic (exact) mass is 217 g/mol. The molecule has 3 heteroatoms. The molecule has 84 valence electrons. The standard InChI is InChI=1S/C13H15NO2/c1-9-11-7-5-4-6-10(11)8-12(9)13(15)14(2)16-3/h4-7H,8H2,1-3H3. The second-order valence-electron chi connectivity index (χ2n) is 3.92. The largest absolute Gasteiger partial charge is 0.274 e. The van der Waals surface area contributed by atoms with Crippen LogP contribution in [0.1, 0.15) is 18.1 Å². The van der Waals surface area contributed by atoms with Gasteiger partial charge in [-0.05, 0) is 23.6 Å². The number of benzene rings is 1. The van der Waals surface area contributed by atoms with Crippen LogP contribution in [0, 0.1) is 0 Å². The predicted octanol–water partition coefficient (Wildman–Crippen LogP) is 2.04. The quantitative estimate of drug-likeness (QED) is 0.709. The molecule has 0 N–H and O–H groups in total. The number of fused-ring (bicyclic) bond motifs is 1. The van der Waals surface area contributed by atoms with Crippen molar-refractivity contribution < 1.29 is 9.63 Å². The molecule has 0 saturated carbocycles. The van der Waals surface area contributed by atoms with Gasteiger partial charge in [-0.1, -0.05) is 24.3 Å². The molecule has 0 atom stereocenters. The van der Waals surface area contributed by atoms with Gasteiger partial charge < -0.3 is 0 Å².